The molecule has 0 saturated heterocycles. The molecule has 0 amide bonds. The number of hydrogen-bond acceptors (Lipinski definition) is 1. The van der Waals surface area contributed by atoms with Crippen LogP contribution in [-0.2, 0) is 4.74 Å². The first-order chi connectivity index (χ1) is 11.0. The van der Waals surface area contributed by atoms with Crippen LogP contribution in [0.4, 0.5) is 0 Å². The predicted octanol–water partition coefficient (Wildman–Crippen LogP) is 5.89. The first-order valence-corrected chi connectivity index (χ1v) is 7.63. The number of aromatic nitrogens is 1. The molecular formula is C21H23NO. The topological polar surface area (TPSA) is 14.2 Å². The van der Waals surface area contributed by atoms with Crippen LogP contribution in [0, 0.1) is 0 Å². The van der Waals surface area contributed by atoms with Crippen LogP contribution in [0.5, 0.6) is 0 Å². The average Bonchev–Trinajstić information content (AvgIpc) is 2.85. The van der Waals surface area contributed by atoms with Gasteiger partial charge in [0.2, 0.25) is 0 Å². The van der Waals surface area contributed by atoms with E-state index in [0.29, 0.717) is 12.4 Å². The predicted molar refractivity (Wildman–Crippen MR) is 102 cm³/mol. The summed E-state index contributed by atoms with van der Waals surface area (Å²) in [6, 6.07) is 8.19. The van der Waals surface area contributed by atoms with E-state index in [1.165, 1.54) is 0 Å². The van der Waals surface area contributed by atoms with Gasteiger partial charge in [-0.25, -0.2) is 0 Å². The second-order valence-corrected chi connectivity index (χ2v) is 5.29. The van der Waals surface area contributed by atoms with Crippen LogP contribution >= 0.6 is 0 Å². The van der Waals surface area contributed by atoms with Crippen molar-refractivity contribution in [3.05, 3.63) is 79.2 Å². The van der Waals surface area contributed by atoms with Gasteiger partial charge in [-0.3, -0.25) is 0 Å². The number of ether oxygens (including phenoxy) is 1. The van der Waals surface area contributed by atoms with Crippen molar-refractivity contribution in [2.24, 2.45) is 0 Å². The molecule has 0 radical (unpaired) electrons. The summed E-state index contributed by atoms with van der Waals surface area (Å²) in [7, 11) is 0. The molecule has 0 fully saturated rings. The molecule has 2 heteroatoms. The average molecular weight is 305 g/mol. The lowest BCUT2D eigenvalue weighted by atomic mass is 10.1. The van der Waals surface area contributed by atoms with Crippen LogP contribution in [-0.4, -0.2) is 11.2 Å². The van der Waals surface area contributed by atoms with Crippen molar-refractivity contribution < 1.29 is 4.74 Å². The summed E-state index contributed by atoms with van der Waals surface area (Å²) in [5, 5.41) is 1.12. The molecule has 2 nitrogen and oxygen atoms in total. The van der Waals surface area contributed by atoms with Crippen molar-refractivity contribution in [1.29, 1.82) is 0 Å². The Labute approximate surface area is 138 Å². The van der Waals surface area contributed by atoms with Gasteiger partial charge in [0.15, 0.2) is 0 Å². The van der Waals surface area contributed by atoms with E-state index in [2.05, 4.69) is 43.0 Å². The highest BCUT2D eigenvalue weighted by Gasteiger charge is 2.18. The van der Waals surface area contributed by atoms with Gasteiger partial charge in [0.25, 0.3) is 0 Å². The maximum atomic E-state index is 5.67. The number of benzene rings is 1. The fraction of sp³-hybridized carbons (Fsp3) is 0.143. The van der Waals surface area contributed by atoms with Crippen LogP contribution in [0.15, 0.2) is 68.0 Å². The normalized spacial score (nSPS) is 11.3. The van der Waals surface area contributed by atoms with Crippen molar-refractivity contribution >= 4 is 28.8 Å². The van der Waals surface area contributed by atoms with Gasteiger partial charge in [0, 0.05) is 10.9 Å². The van der Waals surface area contributed by atoms with Crippen molar-refractivity contribution in [3.8, 4) is 0 Å². The maximum absolute atomic E-state index is 5.67. The first kappa shape index (κ1) is 16.6. The lowest BCUT2D eigenvalue weighted by molar-refractivity contribution is 0.245. The molecule has 118 valence electrons. The number of hydrogen-bond donors (Lipinski definition) is 0. The second kappa shape index (κ2) is 7.01. The molecule has 2 aromatic rings. The van der Waals surface area contributed by atoms with Crippen molar-refractivity contribution in [2.45, 2.75) is 13.8 Å². The minimum Gasteiger partial charge on any atom is -0.492 e. The lowest BCUT2D eigenvalue weighted by Gasteiger charge is -2.16. The summed E-state index contributed by atoms with van der Waals surface area (Å²) < 4.78 is 7.77. The van der Waals surface area contributed by atoms with Gasteiger partial charge in [0.1, 0.15) is 5.76 Å². The molecule has 0 spiro atoms. The van der Waals surface area contributed by atoms with E-state index in [-0.39, 0.29) is 0 Å². The zero-order valence-corrected chi connectivity index (χ0v) is 13.9. The van der Waals surface area contributed by atoms with E-state index in [1.807, 2.05) is 44.2 Å². The highest BCUT2D eigenvalue weighted by Crippen LogP contribution is 2.33. The number of allylic oxidation sites excluding steroid dienone is 3. The Hall–Kier alpha value is -2.74. The summed E-state index contributed by atoms with van der Waals surface area (Å²) >= 11 is 0. The minimum absolute atomic E-state index is 0.559. The summed E-state index contributed by atoms with van der Waals surface area (Å²) in [5.74, 6) is 0.606. The summed E-state index contributed by atoms with van der Waals surface area (Å²) in [5.41, 5.74) is 4.86. The Morgan fingerprint density at radius 1 is 1.17 bits per heavy atom. The molecular weight excluding hydrogens is 282 g/mol. The third-order valence-electron chi connectivity index (χ3n) is 3.58. The standard InChI is InChI=1S/C21H23NO/c1-7-17-18-12-10-11-13-20(18)22(19(17)8-2)21(14-15(4)5)16(6)23-9-3/h7-8,10-14H,1-2,4,6,9H2,3,5H3/b21-14+. The molecule has 1 aromatic heterocycles. The van der Waals surface area contributed by atoms with Crippen molar-refractivity contribution in [1.82, 2.24) is 4.57 Å². The quantitative estimate of drug-likeness (QED) is 0.459. The van der Waals surface area contributed by atoms with Crippen LogP contribution in [0.2, 0.25) is 0 Å². The lowest BCUT2D eigenvalue weighted by Crippen LogP contribution is -2.05. The summed E-state index contributed by atoms with van der Waals surface area (Å²) in [6.45, 7) is 20.5. The van der Waals surface area contributed by atoms with E-state index < -0.39 is 0 Å². The van der Waals surface area contributed by atoms with Gasteiger partial charge in [-0.15, -0.1) is 0 Å². The Kier molecular flexibility index (Phi) is 5.07. The molecule has 0 aliphatic carbocycles. The SMILES string of the molecule is C=Cc1c(C=C)n(/C(=C/C(=C)C)C(=C)OCC)c2ccccc12. The Bertz CT molecular complexity index is 818. The molecule has 1 heterocycles. The molecule has 0 saturated carbocycles. The van der Waals surface area contributed by atoms with Crippen LogP contribution in [0.25, 0.3) is 28.8 Å². The molecule has 2 rings (SSSR count). The number of para-hydroxylation sites is 1. The Morgan fingerprint density at radius 3 is 2.43 bits per heavy atom. The van der Waals surface area contributed by atoms with Gasteiger partial charge in [0.05, 0.1) is 23.5 Å². The molecule has 0 aliphatic heterocycles. The van der Waals surface area contributed by atoms with Gasteiger partial charge in [-0.2, -0.15) is 0 Å². The van der Waals surface area contributed by atoms with E-state index in [1.54, 1.807) is 0 Å². The fourth-order valence-electron chi connectivity index (χ4n) is 2.71. The fourth-order valence-corrected chi connectivity index (χ4v) is 2.71. The first-order valence-electron chi connectivity index (χ1n) is 7.63. The number of nitrogens with zero attached hydrogens (tertiary/aromatic N) is 1. The van der Waals surface area contributed by atoms with Gasteiger partial charge in [-0.1, -0.05) is 56.2 Å². The number of rotatable bonds is 7. The second-order valence-electron chi connectivity index (χ2n) is 5.29. The Morgan fingerprint density at radius 2 is 1.87 bits per heavy atom. The molecule has 0 unspecified atom stereocenters. The van der Waals surface area contributed by atoms with Crippen LogP contribution in [0.1, 0.15) is 25.1 Å². The van der Waals surface area contributed by atoms with Crippen molar-refractivity contribution in [3.63, 3.8) is 0 Å². The molecule has 0 atom stereocenters. The van der Waals surface area contributed by atoms with Crippen molar-refractivity contribution in [2.75, 3.05) is 6.61 Å². The minimum atomic E-state index is 0.559. The molecule has 0 N–H and O–H groups in total. The number of fused-ring (bicyclic) bond motifs is 1. The maximum Gasteiger partial charge on any atom is 0.136 e. The van der Waals surface area contributed by atoms with E-state index in [0.717, 1.165) is 33.4 Å². The van der Waals surface area contributed by atoms with Gasteiger partial charge < -0.3 is 9.30 Å². The zero-order chi connectivity index (χ0) is 17.0. The van der Waals surface area contributed by atoms with E-state index in [4.69, 9.17) is 4.74 Å². The van der Waals surface area contributed by atoms with Crippen LogP contribution < -0.4 is 0 Å². The van der Waals surface area contributed by atoms with Gasteiger partial charge in [-0.05, 0) is 32.1 Å². The summed E-state index contributed by atoms with van der Waals surface area (Å²) in [6.07, 6.45) is 5.67. The monoisotopic (exact) mass is 305 g/mol. The molecule has 23 heavy (non-hydrogen) atoms. The van der Waals surface area contributed by atoms with Crippen LogP contribution in [0.3, 0.4) is 0 Å². The molecule has 1 aromatic carbocycles. The largest absolute Gasteiger partial charge is 0.492 e. The third kappa shape index (κ3) is 3.07. The molecule has 0 aliphatic rings. The van der Waals surface area contributed by atoms with E-state index >= 15 is 0 Å². The highest BCUT2D eigenvalue weighted by atomic mass is 16.5. The Balaban J connectivity index is 2.87. The smallest absolute Gasteiger partial charge is 0.136 e. The van der Waals surface area contributed by atoms with Gasteiger partial charge >= 0.3 is 0 Å². The highest BCUT2D eigenvalue weighted by molar-refractivity contribution is 5.97. The third-order valence-corrected chi connectivity index (χ3v) is 3.58. The molecule has 0 bridgehead atoms. The summed E-state index contributed by atoms with van der Waals surface area (Å²) in [4.78, 5) is 0. The van der Waals surface area contributed by atoms with E-state index in [9.17, 15) is 0 Å². The zero-order valence-electron chi connectivity index (χ0n) is 13.9.